The number of H-pyrrole nitrogens is 2. The number of carbonyl (C=O) groups is 1. The van der Waals surface area contributed by atoms with E-state index >= 15 is 0 Å². The highest BCUT2D eigenvalue weighted by atomic mass is 35.5. The van der Waals surface area contributed by atoms with Crippen LogP contribution in [0.3, 0.4) is 0 Å². The van der Waals surface area contributed by atoms with Crippen molar-refractivity contribution < 1.29 is 4.79 Å². The maximum Gasteiger partial charge on any atom is 0.323 e. The lowest BCUT2D eigenvalue weighted by atomic mass is 10.0. The predicted molar refractivity (Wildman–Crippen MR) is 107 cm³/mol. The number of amides is 1. The number of nitrogens with one attached hydrogen (secondary N) is 3. The number of aryl methyl sites for hydroxylation is 1. The molecule has 1 aliphatic heterocycles. The molecule has 0 saturated carbocycles. The number of piperidine rings is 1. The molecule has 0 aliphatic carbocycles. The van der Waals surface area contributed by atoms with E-state index in [1.165, 1.54) is 0 Å². The van der Waals surface area contributed by atoms with Crippen molar-refractivity contribution >= 4 is 29.3 Å². The fourth-order valence-electron chi connectivity index (χ4n) is 3.69. The van der Waals surface area contributed by atoms with Gasteiger partial charge in [0.1, 0.15) is 0 Å². The second-order valence-electron chi connectivity index (χ2n) is 6.88. The zero-order valence-corrected chi connectivity index (χ0v) is 16.2. The van der Waals surface area contributed by atoms with E-state index in [1.54, 1.807) is 0 Å². The van der Waals surface area contributed by atoms with Crippen molar-refractivity contribution in [2.24, 2.45) is 0 Å². The molecule has 3 rings (SSSR count). The zero-order valence-electron chi connectivity index (χ0n) is 15.3. The molecule has 7 heteroatoms. The van der Waals surface area contributed by atoms with Gasteiger partial charge in [-0.3, -0.25) is 4.79 Å². The van der Waals surface area contributed by atoms with Crippen LogP contribution in [0.25, 0.3) is 11.0 Å². The molecule has 0 bridgehead atoms. The maximum absolute atomic E-state index is 12.7. The van der Waals surface area contributed by atoms with Crippen molar-refractivity contribution in [3.63, 3.8) is 0 Å². The Hall–Kier alpha value is -1.79. The number of imidazole rings is 1. The van der Waals surface area contributed by atoms with Gasteiger partial charge in [0.25, 0.3) is 0 Å². The topological polar surface area (TPSA) is 81.0 Å². The SMILES string of the molecule is CCCN(C(=O)CCCc1ccc2[nH]c(=O)[nH]c2c1)C1CCNCC1.Cl. The number of carbonyl (C=O) groups excluding carboxylic acids is 1. The number of aromatic nitrogens is 2. The van der Waals surface area contributed by atoms with Gasteiger partial charge in [-0.15, -0.1) is 12.4 Å². The summed E-state index contributed by atoms with van der Waals surface area (Å²) in [4.78, 5) is 31.7. The molecule has 3 N–H and O–H groups in total. The Morgan fingerprint density at radius 1 is 1.19 bits per heavy atom. The summed E-state index contributed by atoms with van der Waals surface area (Å²) >= 11 is 0. The van der Waals surface area contributed by atoms with Crippen LogP contribution < -0.4 is 11.0 Å². The van der Waals surface area contributed by atoms with Crippen molar-refractivity contribution in [3.8, 4) is 0 Å². The Labute approximate surface area is 160 Å². The molecule has 1 aliphatic rings. The molecular formula is C19H29ClN4O2. The van der Waals surface area contributed by atoms with Crippen LogP contribution in [0, 0.1) is 0 Å². The Bertz CT molecular complexity index is 764. The van der Waals surface area contributed by atoms with Crippen LogP contribution in [0.2, 0.25) is 0 Å². The highest BCUT2D eigenvalue weighted by Crippen LogP contribution is 2.16. The molecule has 2 heterocycles. The molecule has 1 aromatic carbocycles. The van der Waals surface area contributed by atoms with E-state index < -0.39 is 0 Å². The van der Waals surface area contributed by atoms with Gasteiger partial charge in [0.15, 0.2) is 0 Å². The number of halogens is 1. The predicted octanol–water partition coefficient (Wildman–Crippen LogP) is 2.59. The average Bonchev–Trinajstić information content (AvgIpc) is 2.99. The first kappa shape index (κ1) is 20.5. The maximum atomic E-state index is 12.7. The van der Waals surface area contributed by atoms with Crippen LogP contribution in [-0.4, -0.2) is 46.5 Å². The van der Waals surface area contributed by atoms with Gasteiger partial charge < -0.3 is 20.2 Å². The van der Waals surface area contributed by atoms with Gasteiger partial charge in [0.05, 0.1) is 11.0 Å². The van der Waals surface area contributed by atoms with Crippen LogP contribution in [0.1, 0.15) is 44.6 Å². The Balaban J connectivity index is 0.00000243. The zero-order chi connectivity index (χ0) is 17.6. The quantitative estimate of drug-likeness (QED) is 0.690. The summed E-state index contributed by atoms with van der Waals surface area (Å²) in [6.07, 6.45) is 5.40. The first-order valence-electron chi connectivity index (χ1n) is 9.38. The van der Waals surface area contributed by atoms with E-state index in [0.717, 1.165) is 68.3 Å². The minimum Gasteiger partial charge on any atom is -0.340 e. The molecule has 1 saturated heterocycles. The molecular weight excluding hydrogens is 352 g/mol. The minimum absolute atomic E-state index is 0. The van der Waals surface area contributed by atoms with Gasteiger partial charge in [-0.2, -0.15) is 0 Å². The minimum atomic E-state index is -0.181. The number of aromatic amines is 2. The fourth-order valence-corrected chi connectivity index (χ4v) is 3.69. The summed E-state index contributed by atoms with van der Waals surface area (Å²) in [6.45, 7) is 5.01. The molecule has 1 amide bonds. The third-order valence-electron chi connectivity index (χ3n) is 4.97. The van der Waals surface area contributed by atoms with E-state index in [-0.39, 0.29) is 24.0 Å². The number of benzene rings is 1. The third-order valence-corrected chi connectivity index (χ3v) is 4.97. The van der Waals surface area contributed by atoms with Gasteiger partial charge in [-0.05, 0) is 62.9 Å². The van der Waals surface area contributed by atoms with Crippen molar-refractivity contribution in [2.75, 3.05) is 19.6 Å². The molecule has 2 aromatic rings. The summed E-state index contributed by atoms with van der Waals surface area (Å²) in [7, 11) is 0. The average molecular weight is 381 g/mol. The van der Waals surface area contributed by atoms with Gasteiger partial charge >= 0.3 is 5.69 Å². The van der Waals surface area contributed by atoms with Gasteiger partial charge in [0, 0.05) is 19.0 Å². The molecule has 1 fully saturated rings. The smallest absolute Gasteiger partial charge is 0.323 e. The molecule has 0 radical (unpaired) electrons. The van der Waals surface area contributed by atoms with E-state index in [4.69, 9.17) is 0 Å². The van der Waals surface area contributed by atoms with Crippen LogP contribution in [0.5, 0.6) is 0 Å². The van der Waals surface area contributed by atoms with Crippen molar-refractivity contribution in [1.29, 1.82) is 0 Å². The first-order valence-corrected chi connectivity index (χ1v) is 9.38. The Morgan fingerprint density at radius 3 is 2.65 bits per heavy atom. The molecule has 144 valence electrons. The summed E-state index contributed by atoms with van der Waals surface area (Å²) < 4.78 is 0. The molecule has 0 spiro atoms. The number of hydrogen-bond donors (Lipinski definition) is 3. The molecule has 0 atom stereocenters. The van der Waals surface area contributed by atoms with E-state index in [0.29, 0.717) is 12.5 Å². The van der Waals surface area contributed by atoms with E-state index in [9.17, 15) is 9.59 Å². The summed E-state index contributed by atoms with van der Waals surface area (Å²) in [6, 6.07) is 6.33. The van der Waals surface area contributed by atoms with Crippen molar-refractivity contribution in [3.05, 3.63) is 34.2 Å². The van der Waals surface area contributed by atoms with Crippen LogP contribution in [-0.2, 0) is 11.2 Å². The number of hydrogen-bond acceptors (Lipinski definition) is 3. The van der Waals surface area contributed by atoms with Crippen LogP contribution >= 0.6 is 12.4 Å². The second kappa shape index (κ2) is 9.78. The summed E-state index contributed by atoms with van der Waals surface area (Å²) in [5.74, 6) is 0.282. The normalized spacial score (nSPS) is 15.0. The molecule has 26 heavy (non-hydrogen) atoms. The van der Waals surface area contributed by atoms with Crippen LogP contribution in [0.4, 0.5) is 0 Å². The van der Waals surface area contributed by atoms with Crippen molar-refractivity contribution in [2.45, 2.75) is 51.5 Å². The highest BCUT2D eigenvalue weighted by molar-refractivity contribution is 5.85. The monoisotopic (exact) mass is 380 g/mol. The molecule has 6 nitrogen and oxygen atoms in total. The lowest BCUT2D eigenvalue weighted by Gasteiger charge is -2.34. The lowest BCUT2D eigenvalue weighted by Crippen LogP contribution is -2.46. The summed E-state index contributed by atoms with van der Waals surface area (Å²) in [5.41, 5.74) is 2.62. The third kappa shape index (κ3) is 5.11. The highest BCUT2D eigenvalue weighted by Gasteiger charge is 2.24. The fraction of sp³-hybridized carbons (Fsp3) is 0.579. The Morgan fingerprint density at radius 2 is 1.92 bits per heavy atom. The van der Waals surface area contributed by atoms with Crippen LogP contribution in [0.15, 0.2) is 23.0 Å². The van der Waals surface area contributed by atoms with E-state index in [1.807, 2.05) is 18.2 Å². The van der Waals surface area contributed by atoms with Gasteiger partial charge in [0.2, 0.25) is 5.91 Å². The number of fused-ring (bicyclic) bond motifs is 1. The largest absolute Gasteiger partial charge is 0.340 e. The number of rotatable bonds is 7. The number of nitrogens with zero attached hydrogens (tertiary/aromatic N) is 1. The van der Waals surface area contributed by atoms with Gasteiger partial charge in [-0.25, -0.2) is 4.79 Å². The van der Waals surface area contributed by atoms with Gasteiger partial charge in [-0.1, -0.05) is 13.0 Å². The van der Waals surface area contributed by atoms with E-state index in [2.05, 4.69) is 27.1 Å². The standard InChI is InChI=1S/C19H28N4O2.ClH/c1-2-12-23(15-8-10-20-11-9-15)18(24)5-3-4-14-6-7-16-17(13-14)22-19(25)21-16;/h6-7,13,15,20H,2-5,8-12H2,1H3,(H2,21,22,25);1H. The van der Waals surface area contributed by atoms with Crippen molar-refractivity contribution in [1.82, 2.24) is 20.2 Å². The molecule has 0 unspecified atom stereocenters. The second-order valence-corrected chi connectivity index (χ2v) is 6.88. The lowest BCUT2D eigenvalue weighted by molar-refractivity contribution is -0.134. The summed E-state index contributed by atoms with van der Waals surface area (Å²) in [5, 5.41) is 3.37. The Kier molecular flexibility index (Phi) is 7.72. The molecule has 1 aromatic heterocycles. The first-order chi connectivity index (χ1) is 12.2.